The van der Waals surface area contributed by atoms with Gasteiger partial charge in [-0.05, 0) is 31.0 Å². The summed E-state index contributed by atoms with van der Waals surface area (Å²) in [6.07, 6.45) is 3.55. The second kappa shape index (κ2) is 4.86. The van der Waals surface area contributed by atoms with Crippen molar-refractivity contribution in [2.75, 3.05) is 6.54 Å². The fraction of sp³-hybridized carbons (Fsp3) is 0.385. The van der Waals surface area contributed by atoms with E-state index in [1.54, 1.807) is 0 Å². The van der Waals surface area contributed by atoms with Crippen LogP contribution in [0.2, 0.25) is 0 Å². The molecule has 0 unspecified atom stereocenters. The lowest BCUT2D eigenvalue weighted by Crippen LogP contribution is -1.96. The summed E-state index contributed by atoms with van der Waals surface area (Å²) in [5, 5.41) is 0. The van der Waals surface area contributed by atoms with Crippen LogP contribution in [-0.2, 0) is 0 Å². The van der Waals surface area contributed by atoms with Crippen LogP contribution < -0.4 is 10.5 Å². The van der Waals surface area contributed by atoms with Crippen molar-refractivity contribution in [3.8, 4) is 17.6 Å². The van der Waals surface area contributed by atoms with E-state index in [0.717, 1.165) is 17.7 Å². The van der Waals surface area contributed by atoms with E-state index in [1.165, 1.54) is 12.8 Å². The Hall–Kier alpha value is -1.46. The Balaban J connectivity index is 2.01. The summed E-state index contributed by atoms with van der Waals surface area (Å²) in [5.74, 6) is 7.01. The lowest BCUT2D eigenvalue weighted by molar-refractivity contribution is 0.303. The first kappa shape index (κ1) is 10.1. The molecule has 0 aromatic heterocycles. The second-order valence-corrected chi connectivity index (χ2v) is 3.69. The summed E-state index contributed by atoms with van der Waals surface area (Å²) in [6.45, 7) is 0.616. The van der Waals surface area contributed by atoms with Crippen LogP contribution >= 0.6 is 0 Å². The van der Waals surface area contributed by atoms with Crippen LogP contribution in [0.3, 0.4) is 0 Å². The lowest BCUT2D eigenvalue weighted by atomic mass is 10.2. The molecule has 1 saturated carbocycles. The molecule has 1 aromatic rings. The minimum atomic E-state index is 0.442. The van der Waals surface area contributed by atoms with Gasteiger partial charge in [-0.3, -0.25) is 0 Å². The first-order valence-electron chi connectivity index (χ1n) is 5.34. The van der Waals surface area contributed by atoms with Gasteiger partial charge in [0.15, 0.2) is 0 Å². The van der Waals surface area contributed by atoms with Crippen LogP contribution in [-0.4, -0.2) is 12.6 Å². The van der Waals surface area contributed by atoms with E-state index in [0.29, 0.717) is 12.6 Å². The summed E-state index contributed by atoms with van der Waals surface area (Å²) < 4.78 is 5.68. The van der Waals surface area contributed by atoms with Crippen LogP contribution in [0.25, 0.3) is 0 Å². The van der Waals surface area contributed by atoms with Crippen molar-refractivity contribution in [2.45, 2.75) is 25.4 Å². The molecule has 1 aliphatic carbocycles. The molecule has 1 fully saturated rings. The summed E-state index contributed by atoms with van der Waals surface area (Å²) in [6, 6.07) is 7.93. The van der Waals surface area contributed by atoms with Crippen molar-refractivity contribution in [1.29, 1.82) is 0 Å². The molecule has 2 heteroatoms. The number of rotatable bonds is 3. The molecule has 1 aliphatic rings. The monoisotopic (exact) mass is 201 g/mol. The minimum absolute atomic E-state index is 0.442. The molecule has 78 valence electrons. The Morgan fingerprint density at radius 2 is 2.27 bits per heavy atom. The number of nitrogens with two attached hydrogens (primary N) is 1. The predicted molar refractivity (Wildman–Crippen MR) is 60.6 cm³/mol. The van der Waals surface area contributed by atoms with Crippen molar-refractivity contribution in [3.63, 3.8) is 0 Å². The maximum Gasteiger partial charge on any atom is 0.120 e. The van der Waals surface area contributed by atoms with Crippen molar-refractivity contribution >= 4 is 0 Å². The number of hydrogen-bond donors (Lipinski definition) is 1. The third-order valence-corrected chi connectivity index (χ3v) is 2.16. The van der Waals surface area contributed by atoms with Crippen LogP contribution in [0.5, 0.6) is 5.75 Å². The maximum atomic E-state index is 5.68. The summed E-state index contributed by atoms with van der Waals surface area (Å²) in [4.78, 5) is 0. The smallest absolute Gasteiger partial charge is 0.120 e. The molecular weight excluding hydrogens is 186 g/mol. The van der Waals surface area contributed by atoms with Crippen LogP contribution in [0.1, 0.15) is 24.8 Å². The summed E-state index contributed by atoms with van der Waals surface area (Å²) in [5.41, 5.74) is 6.37. The SMILES string of the molecule is NCCC#Cc1cccc(OC2CC2)c1. The molecule has 0 spiro atoms. The van der Waals surface area contributed by atoms with Crippen molar-refractivity contribution in [1.82, 2.24) is 0 Å². The topological polar surface area (TPSA) is 35.2 Å². The number of ether oxygens (including phenoxy) is 1. The van der Waals surface area contributed by atoms with E-state index in [2.05, 4.69) is 11.8 Å². The zero-order chi connectivity index (χ0) is 10.5. The van der Waals surface area contributed by atoms with E-state index < -0.39 is 0 Å². The highest BCUT2D eigenvalue weighted by atomic mass is 16.5. The van der Waals surface area contributed by atoms with Gasteiger partial charge in [-0.25, -0.2) is 0 Å². The molecule has 1 aromatic carbocycles. The van der Waals surface area contributed by atoms with E-state index in [1.807, 2.05) is 24.3 Å². The third-order valence-electron chi connectivity index (χ3n) is 2.16. The van der Waals surface area contributed by atoms with Gasteiger partial charge in [0, 0.05) is 18.5 Å². The van der Waals surface area contributed by atoms with Gasteiger partial charge in [-0.2, -0.15) is 0 Å². The highest BCUT2D eigenvalue weighted by Gasteiger charge is 2.23. The van der Waals surface area contributed by atoms with E-state index in [-0.39, 0.29) is 0 Å². The van der Waals surface area contributed by atoms with Gasteiger partial charge in [-0.15, -0.1) is 0 Å². The molecule has 0 saturated heterocycles. The molecule has 0 heterocycles. The molecular formula is C13H15NO. The average molecular weight is 201 g/mol. The Morgan fingerprint density at radius 3 is 3.00 bits per heavy atom. The van der Waals surface area contributed by atoms with Crippen LogP contribution in [0.15, 0.2) is 24.3 Å². The quantitative estimate of drug-likeness (QED) is 0.758. The van der Waals surface area contributed by atoms with Gasteiger partial charge in [0.25, 0.3) is 0 Å². The summed E-state index contributed by atoms with van der Waals surface area (Å²) >= 11 is 0. The first-order valence-corrected chi connectivity index (χ1v) is 5.34. The molecule has 2 nitrogen and oxygen atoms in total. The normalized spacial score (nSPS) is 14.2. The van der Waals surface area contributed by atoms with Crippen molar-refractivity contribution in [3.05, 3.63) is 29.8 Å². The predicted octanol–water partition coefficient (Wildman–Crippen LogP) is 1.93. The highest BCUT2D eigenvalue weighted by molar-refractivity contribution is 5.39. The van der Waals surface area contributed by atoms with Crippen LogP contribution in [0, 0.1) is 11.8 Å². The number of benzene rings is 1. The first-order chi connectivity index (χ1) is 7.38. The Bertz CT molecular complexity index is 385. The zero-order valence-corrected chi connectivity index (χ0v) is 8.70. The molecule has 2 N–H and O–H groups in total. The number of hydrogen-bond acceptors (Lipinski definition) is 2. The largest absolute Gasteiger partial charge is 0.490 e. The standard InChI is InChI=1S/C13H15NO/c14-9-2-1-4-11-5-3-6-13(10-11)15-12-7-8-12/h3,5-6,10,12H,2,7-9,14H2. The third kappa shape index (κ3) is 3.30. The minimum Gasteiger partial charge on any atom is -0.490 e. The van der Waals surface area contributed by atoms with Crippen molar-refractivity contribution in [2.24, 2.45) is 5.73 Å². The highest BCUT2D eigenvalue weighted by Crippen LogP contribution is 2.26. The van der Waals surface area contributed by atoms with Gasteiger partial charge in [0.05, 0.1) is 6.10 Å². The van der Waals surface area contributed by atoms with E-state index in [4.69, 9.17) is 10.5 Å². The average Bonchev–Trinajstić information content (AvgIpc) is 3.03. The zero-order valence-electron chi connectivity index (χ0n) is 8.70. The fourth-order valence-electron chi connectivity index (χ4n) is 1.26. The molecule has 2 rings (SSSR count). The van der Waals surface area contributed by atoms with Gasteiger partial charge < -0.3 is 10.5 Å². The van der Waals surface area contributed by atoms with Crippen LogP contribution in [0.4, 0.5) is 0 Å². The van der Waals surface area contributed by atoms with Gasteiger partial charge >= 0.3 is 0 Å². The van der Waals surface area contributed by atoms with Gasteiger partial charge in [0.2, 0.25) is 0 Å². The maximum absolute atomic E-state index is 5.68. The van der Waals surface area contributed by atoms with E-state index in [9.17, 15) is 0 Å². The Kier molecular flexibility index (Phi) is 3.26. The Morgan fingerprint density at radius 1 is 1.40 bits per heavy atom. The molecule has 15 heavy (non-hydrogen) atoms. The second-order valence-electron chi connectivity index (χ2n) is 3.69. The van der Waals surface area contributed by atoms with E-state index >= 15 is 0 Å². The fourth-order valence-corrected chi connectivity index (χ4v) is 1.26. The van der Waals surface area contributed by atoms with Gasteiger partial charge in [-0.1, -0.05) is 17.9 Å². The molecule has 0 radical (unpaired) electrons. The molecule has 0 bridgehead atoms. The Labute approximate surface area is 90.4 Å². The molecule has 0 amide bonds. The lowest BCUT2D eigenvalue weighted by Gasteiger charge is -2.03. The van der Waals surface area contributed by atoms with Gasteiger partial charge in [0.1, 0.15) is 5.75 Å². The summed E-state index contributed by atoms with van der Waals surface area (Å²) in [7, 11) is 0. The molecule has 0 aliphatic heterocycles. The molecule has 0 atom stereocenters. The van der Waals surface area contributed by atoms with Crippen molar-refractivity contribution < 1.29 is 4.74 Å².